The van der Waals surface area contributed by atoms with E-state index in [0.717, 1.165) is 25.9 Å². The highest BCUT2D eigenvalue weighted by Crippen LogP contribution is 2.18. The van der Waals surface area contributed by atoms with Crippen LogP contribution in [0.4, 0.5) is 5.69 Å². The van der Waals surface area contributed by atoms with Crippen molar-refractivity contribution >= 4 is 11.6 Å². The average molecular weight is 249 g/mol. The molecule has 4 heteroatoms. The number of carbonyl (C=O) groups excluding carboxylic acids is 1. The predicted molar refractivity (Wildman–Crippen MR) is 69.6 cm³/mol. The number of hydrogen-bond acceptors (Lipinski definition) is 3. The molecule has 1 heterocycles. The van der Waals surface area contributed by atoms with Crippen LogP contribution >= 0.6 is 0 Å². The van der Waals surface area contributed by atoms with Gasteiger partial charge in [-0.05, 0) is 49.9 Å². The van der Waals surface area contributed by atoms with Crippen molar-refractivity contribution in [1.82, 2.24) is 0 Å². The number of aromatic hydroxyl groups is 1. The topological polar surface area (TPSA) is 58.6 Å². The molecule has 1 aliphatic heterocycles. The summed E-state index contributed by atoms with van der Waals surface area (Å²) in [6, 6.07) is 6.48. The van der Waals surface area contributed by atoms with Gasteiger partial charge >= 0.3 is 0 Å². The lowest BCUT2D eigenvalue weighted by Crippen LogP contribution is -2.21. The summed E-state index contributed by atoms with van der Waals surface area (Å²) < 4.78 is 5.58. The van der Waals surface area contributed by atoms with E-state index in [1.165, 1.54) is 6.42 Å². The van der Waals surface area contributed by atoms with Gasteiger partial charge < -0.3 is 15.2 Å². The molecule has 1 saturated heterocycles. The molecule has 1 fully saturated rings. The molecule has 1 atom stereocenters. The molecule has 0 saturated carbocycles. The second-order valence-electron chi connectivity index (χ2n) is 4.62. The van der Waals surface area contributed by atoms with Crippen molar-refractivity contribution < 1.29 is 14.6 Å². The molecule has 2 N–H and O–H groups in total. The number of rotatable bonds is 4. The highest BCUT2D eigenvalue weighted by molar-refractivity contribution is 5.90. The first-order valence-electron chi connectivity index (χ1n) is 6.44. The molecule has 1 amide bonds. The zero-order valence-corrected chi connectivity index (χ0v) is 10.4. The van der Waals surface area contributed by atoms with Crippen LogP contribution in [0.1, 0.15) is 32.1 Å². The number of ether oxygens (including phenoxy) is 1. The molecular formula is C14H19NO3. The fourth-order valence-electron chi connectivity index (χ4n) is 2.10. The highest BCUT2D eigenvalue weighted by Gasteiger charge is 2.15. The molecule has 1 unspecified atom stereocenters. The van der Waals surface area contributed by atoms with Crippen molar-refractivity contribution in [3.63, 3.8) is 0 Å². The maximum absolute atomic E-state index is 11.7. The van der Waals surface area contributed by atoms with Crippen LogP contribution in [-0.2, 0) is 9.53 Å². The molecule has 0 bridgehead atoms. The lowest BCUT2D eigenvalue weighted by Gasteiger charge is -2.22. The molecule has 1 aromatic rings. The van der Waals surface area contributed by atoms with Crippen LogP contribution < -0.4 is 5.32 Å². The highest BCUT2D eigenvalue weighted by atomic mass is 16.5. The molecule has 98 valence electrons. The van der Waals surface area contributed by atoms with Gasteiger partial charge in [0, 0.05) is 18.7 Å². The lowest BCUT2D eigenvalue weighted by atomic mass is 10.0. The molecule has 0 aliphatic carbocycles. The zero-order valence-electron chi connectivity index (χ0n) is 10.4. The van der Waals surface area contributed by atoms with Gasteiger partial charge in [0.05, 0.1) is 6.10 Å². The third kappa shape index (κ3) is 4.04. The van der Waals surface area contributed by atoms with Gasteiger partial charge in [0.1, 0.15) is 5.75 Å². The van der Waals surface area contributed by atoms with Crippen LogP contribution in [-0.4, -0.2) is 23.7 Å². The quantitative estimate of drug-likeness (QED) is 0.806. The summed E-state index contributed by atoms with van der Waals surface area (Å²) in [5.74, 6) is 0.193. The first-order chi connectivity index (χ1) is 8.74. The number of benzene rings is 1. The van der Waals surface area contributed by atoms with Crippen LogP contribution in [0.3, 0.4) is 0 Å². The summed E-state index contributed by atoms with van der Waals surface area (Å²) in [6.07, 6.45) is 4.90. The summed E-state index contributed by atoms with van der Waals surface area (Å²) in [7, 11) is 0. The van der Waals surface area contributed by atoms with Crippen LogP contribution in [0.2, 0.25) is 0 Å². The summed E-state index contributed by atoms with van der Waals surface area (Å²) >= 11 is 0. The van der Waals surface area contributed by atoms with Gasteiger partial charge in [-0.2, -0.15) is 0 Å². The number of anilines is 1. The Hall–Kier alpha value is -1.55. The van der Waals surface area contributed by atoms with E-state index in [-0.39, 0.29) is 17.8 Å². The van der Waals surface area contributed by atoms with Gasteiger partial charge in [-0.25, -0.2) is 0 Å². The van der Waals surface area contributed by atoms with Crippen LogP contribution in [0.5, 0.6) is 5.75 Å². The minimum Gasteiger partial charge on any atom is -0.508 e. The Kier molecular flexibility index (Phi) is 4.59. The van der Waals surface area contributed by atoms with Crippen molar-refractivity contribution in [2.24, 2.45) is 0 Å². The molecule has 2 rings (SSSR count). The van der Waals surface area contributed by atoms with E-state index in [2.05, 4.69) is 5.32 Å². The molecule has 1 aromatic carbocycles. The van der Waals surface area contributed by atoms with Crippen molar-refractivity contribution in [2.45, 2.75) is 38.2 Å². The monoisotopic (exact) mass is 249 g/mol. The van der Waals surface area contributed by atoms with Crippen molar-refractivity contribution in [3.05, 3.63) is 24.3 Å². The third-order valence-electron chi connectivity index (χ3n) is 3.12. The van der Waals surface area contributed by atoms with Crippen LogP contribution in [0.15, 0.2) is 24.3 Å². The van der Waals surface area contributed by atoms with E-state index in [1.54, 1.807) is 24.3 Å². The first-order valence-corrected chi connectivity index (χ1v) is 6.44. The van der Waals surface area contributed by atoms with Gasteiger partial charge in [-0.15, -0.1) is 0 Å². The second-order valence-corrected chi connectivity index (χ2v) is 4.62. The third-order valence-corrected chi connectivity index (χ3v) is 3.12. The summed E-state index contributed by atoms with van der Waals surface area (Å²) in [5, 5.41) is 11.9. The van der Waals surface area contributed by atoms with E-state index in [1.807, 2.05) is 0 Å². The van der Waals surface area contributed by atoms with Gasteiger partial charge in [-0.1, -0.05) is 0 Å². The maximum atomic E-state index is 11.7. The van der Waals surface area contributed by atoms with Crippen LogP contribution in [0, 0.1) is 0 Å². The number of phenols is 1. The number of amides is 1. The van der Waals surface area contributed by atoms with Crippen LogP contribution in [0.25, 0.3) is 0 Å². The standard InChI is InChI=1S/C14H19NO3/c16-12-6-4-11(5-7-12)15-14(17)9-8-13-3-1-2-10-18-13/h4-7,13,16H,1-3,8-10H2,(H,15,17). The minimum atomic E-state index is -0.00476. The predicted octanol–water partition coefficient (Wildman–Crippen LogP) is 2.68. The maximum Gasteiger partial charge on any atom is 0.224 e. The van der Waals surface area contributed by atoms with E-state index >= 15 is 0 Å². The first kappa shape index (κ1) is 12.9. The van der Waals surface area contributed by atoms with Gasteiger partial charge in [-0.3, -0.25) is 4.79 Å². The van der Waals surface area contributed by atoms with Crippen molar-refractivity contribution in [2.75, 3.05) is 11.9 Å². The van der Waals surface area contributed by atoms with E-state index in [9.17, 15) is 4.79 Å². The normalized spacial score (nSPS) is 19.4. The van der Waals surface area contributed by atoms with Gasteiger partial charge in [0.25, 0.3) is 0 Å². The molecule has 4 nitrogen and oxygen atoms in total. The fourth-order valence-corrected chi connectivity index (χ4v) is 2.10. The molecule has 18 heavy (non-hydrogen) atoms. The van der Waals surface area contributed by atoms with E-state index in [0.29, 0.717) is 12.1 Å². The number of nitrogens with one attached hydrogen (secondary N) is 1. The molecule has 0 radical (unpaired) electrons. The summed E-state index contributed by atoms with van der Waals surface area (Å²) in [4.78, 5) is 11.7. The summed E-state index contributed by atoms with van der Waals surface area (Å²) in [6.45, 7) is 0.824. The molecule has 1 aliphatic rings. The largest absolute Gasteiger partial charge is 0.508 e. The van der Waals surface area contributed by atoms with E-state index < -0.39 is 0 Å². The Bertz CT molecular complexity index is 383. The minimum absolute atomic E-state index is 0.00476. The Balaban J connectivity index is 1.73. The van der Waals surface area contributed by atoms with Gasteiger partial charge in [0.2, 0.25) is 5.91 Å². The Labute approximate surface area is 107 Å². The lowest BCUT2D eigenvalue weighted by molar-refractivity contribution is -0.117. The Morgan fingerprint density at radius 2 is 2.11 bits per heavy atom. The number of hydrogen-bond donors (Lipinski definition) is 2. The number of phenolic OH excluding ortho intramolecular Hbond substituents is 1. The molecular weight excluding hydrogens is 230 g/mol. The summed E-state index contributed by atoms with van der Waals surface area (Å²) in [5.41, 5.74) is 0.711. The van der Waals surface area contributed by atoms with Gasteiger partial charge in [0.15, 0.2) is 0 Å². The molecule has 0 aromatic heterocycles. The Morgan fingerprint density at radius 1 is 1.33 bits per heavy atom. The van der Waals surface area contributed by atoms with E-state index in [4.69, 9.17) is 9.84 Å². The van der Waals surface area contributed by atoms with Crippen molar-refractivity contribution in [3.8, 4) is 5.75 Å². The Morgan fingerprint density at radius 3 is 2.78 bits per heavy atom. The molecule has 0 spiro atoms. The fraction of sp³-hybridized carbons (Fsp3) is 0.500. The second kappa shape index (κ2) is 6.40. The average Bonchev–Trinajstić information content (AvgIpc) is 2.40. The smallest absolute Gasteiger partial charge is 0.224 e. The SMILES string of the molecule is O=C(CCC1CCCCO1)Nc1ccc(O)cc1. The zero-order chi connectivity index (χ0) is 12.8. The van der Waals surface area contributed by atoms with Crippen molar-refractivity contribution in [1.29, 1.82) is 0 Å². The number of carbonyl (C=O) groups is 1.